The standard InChI is InChI=1S/C14H19N/c1-2-6-11(5-1)13-9-3-7-12-8-4-10-15-14(12)13/h3,7,9,11,15H,1-2,4-6,8,10H2. The molecular formula is C14H19N. The fraction of sp³-hybridized carbons (Fsp3) is 0.571. The summed E-state index contributed by atoms with van der Waals surface area (Å²) in [5.41, 5.74) is 4.63. The second-order valence-corrected chi connectivity index (χ2v) is 4.89. The number of aryl methyl sites for hydroxylation is 1. The van der Waals surface area contributed by atoms with Crippen molar-refractivity contribution in [1.82, 2.24) is 0 Å². The molecule has 0 spiro atoms. The Morgan fingerprint density at radius 3 is 2.80 bits per heavy atom. The van der Waals surface area contributed by atoms with Crippen molar-refractivity contribution in [3.8, 4) is 0 Å². The van der Waals surface area contributed by atoms with Crippen LogP contribution in [0.5, 0.6) is 0 Å². The highest BCUT2D eigenvalue weighted by Crippen LogP contribution is 2.40. The Labute approximate surface area is 91.9 Å². The van der Waals surface area contributed by atoms with E-state index in [-0.39, 0.29) is 0 Å². The van der Waals surface area contributed by atoms with E-state index in [1.807, 2.05) is 0 Å². The van der Waals surface area contributed by atoms with Gasteiger partial charge in [-0.3, -0.25) is 0 Å². The highest BCUT2D eigenvalue weighted by atomic mass is 14.9. The Kier molecular flexibility index (Phi) is 2.40. The normalized spacial score (nSPS) is 21.1. The van der Waals surface area contributed by atoms with E-state index in [1.165, 1.54) is 44.2 Å². The summed E-state index contributed by atoms with van der Waals surface area (Å²) in [6.45, 7) is 1.16. The van der Waals surface area contributed by atoms with E-state index in [2.05, 4.69) is 23.5 Å². The maximum absolute atomic E-state index is 3.61. The molecule has 1 aliphatic heterocycles. The van der Waals surface area contributed by atoms with Crippen LogP contribution in [-0.2, 0) is 6.42 Å². The molecule has 2 aliphatic rings. The van der Waals surface area contributed by atoms with E-state index in [0.29, 0.717) is 0 Å². The number of para-hydroxylation sites is 1. The van der Waals surface area contributed by atoms with Gasteiger partial charge >= 0.3 is 0 Å². The summed E-state index contributed by atoms with van der Waals surface area (Å²) in [6.07, 6.45) is 8.21. The lowest BCUT2D eigenvalue weighted by Gasteiger charge is -2.23. The van der Waals surface area contributed by atoms with Crippen LogP contribution in [0.2, 0.25) is 0 Å². The van der Waals surface area contributed by atoms with Gasteiger partial charge < -0.3 is 5.32 Å². The Bertz CT molecular complexity index is 350. The van der Waals surface area contributed by atoms with E-state index in [4.69, 9.17) is 0 Å². The molecule has 1 aromatic rings. The fourth-order valence-corrected chi connectivity index (χ4v) is 3.11. The molecule has 80 valence electrons. The molecule has 1 fully saturated rings. The second kappa shape index (κ2) is 3.88. The lowest BCUT2D eigenvalue weighted by molar-refractivity contribution is 0.715. The first-order valence-electron chi connectivity index (χ1n) is 6.31. The molecule has 0 bridgehead atoms. The second-order valence-electron chi connectivity index (χ2n) is 4.89. The van der Waals surface area contributed by atoms with Crippen molar-refractivity contribution in [3.05, 3.63) is 29.3 Å². The summed E-state index contributed by atoms with van der Waals surface area (Å²) in [5.74, 6) is 0.838. The first kappa shape index (κ1) is 9.26. The smallest absolute Gasteiger partial charge is 0.0408 e. The van der Waals surface area contributed by atoms with E-state index in [1.54, 1.807) is 11.1 Å². The van der Waals surface area contributed by atoms with Crippen LogP contribution in [0, 0.1) is 0 Å². The third kappa shape index (κ3) is 1.64. The third-order valence-electron chi connectivity index (χ3n) is 3.90. The Balaban J connectivity index is 1.99. The highest BCUT2D eigenvalue weighted by Gasteiger charge is 2.22. The molecule has 1 N–H and O–H groups in total. The van der Waals surface area contributed by atoms with Crippen LogP contribution in [0.25, 0.3) is 0 Å². The topological polar surface area (TPSA) is 12.0 Å². The molecule has 0 amide bonds. The van der Waals surface area contributed by atoms with Gasteiger partial charge in [0, 0.05) is 12.2 Å². The van der Waals surface area contributed by atoms with Gasteiger partial charge in [0.1, 0.15) is 0 Å². The van der Waals surface area contributed by atoms with Gasteiger partial charge in [-0.25, -0.2) is 0 Å². The van der Waals surface area contributed by atoms with Crippen LogP contribution in [0.3, 0.4) is 0 Å². The number of hydrogen-bond donors (Lipinski definition) is 1. The van der Waals surface area contributed by atoms with Gasteiger partial charge in [-0.1, -0.05) is 31.0 Å². The molecule has 1 heteroatoms. The van der Waals surface area contributed by atoms with Crippen LogP contribution in [0.1, 0.15) is 49.1 Å². The summed E-state index contributed by atoms with van der Waals surface area (Å²) < 4.78 is 0. The monoisotopic (exact) mass is 201 g/mol. The molecule has 1 heterocycles. The zero-order valence-corrected chi connectivity index (χ0v) is 9.26. The maximum atomic E-state index is 3.61. The van der Waals surface area contributed by atoms with Gasteiger partial charge in [-0.15, -0.1) is 0 Å². The quantitative estimate of drug-likeness (QED) is 0.730. The van der Waals surface area contributed by atoms with E-state index < -0.39 is 0 Å². The van der Waals surface area contributed by atoms with E-state index >= 15 is 0 Å². The number of benzene rings is 1. The fourth-order valence-electron chi connectivity index (χ4n) is 3.11. The molecule has 0 atom stereocenters. The number of anilines is 1. The predicted octanol–water partition coefficient (Wildman–Crippen LogP) is 3.70. The largest absolute Gasteiger partial charge is 0.385 e. The molecule has 0 aromatic heterocycles. The van der Waals surface area contributed by atoms with Crippen LogP contribution >= 0.6 is 0 Å². The number of rotatable bonds is 1. The van der Waals surface area contributed by atoms with E-state index in [0.717, 1.165) is 12.5 Å². The molecule has 1 nitrogen and oxygen atoms in total. The van der Waals surface area contributed by atoms with Gasteiger partial charge in [0.15, 0.2) is 0 Å². The summed E-state index contributed by atoms with van der Waals surface area (Å²) in [5, 5.41) is 3.61. The average molecular weight is 201 g/mol. The Morgan fingerprint density at radius 1 is 1.07 bits per heavy atom. The number of fused-ring (bicyclic) bond motifs is 1. The van der Waals surface area contributed by atoms with Crippen LogP contribution in [-0.4, -0.2) is 6.54 Å². The lowest BCUT2D eigenvalue weighted by atomic mass is 9.91. The van der Waals surface area contributed by atoms with Crippen molar-refractivity contribution in [2.24, 2.45) is 0 Å². The van der Waals surface area contributed by atoms with Crippen LogP contribution in [0.15, 0.2) is 18.2 Å². The van der Waals surface area contributed by atoms with Crippen molar-refractivity contribution in [3.63, 3.8) is 0 Å². The summed E-state index contributed by atoms with van der Waals surface area (Å²) >= 11 is 0. The van der Waals surface area contributed by atoms with Gasteiger partial charge in [-0.05, 0) is 42.7 Å². The first-order valence-corrected chi connectivity index (χ1v) is 6.31. The van der Waals surface area contributed by atoms with Crippen molar-refractivity contribution in [2.75, 3.05) is 11.9 Å². The number of hydrogen-bond acceptors (Lipinski definition) is 1. The Hall–Kier alpha value is -0.980. The average Bonchev–Trinajstić information content (AvgIpc) is 2.82. The summed E-state index contributed by atoms with van der Waals surface area (Å²) in [7, 11) is 0. The van der Waals surface area contributed by atoms with Gasteiger partial charge in [0.05, 0.1) is 0 Å². The number of nitrogens with one attached hydrogen (secondary N) is 1. The molecule has 0 radical (unpaired) electrons. The minimum Gasteiger partial charge on any atom is -0.385 e. The third-order valence-corrected chi connectivity index (χ3v) is 3.90. The molecule has 1 aromatic carbocycles. The summed E-state index contributed by atoms with van der Waals surface area (Å²) in [4.78, 5) is 0. The van der Waals surface area contributed by atoms with Crippen molar-refractivity contribution in [2.45, 2.75) is 44.4 Å². The van der Waals surface area contributed by atoms with Crippen molar-refractivity contribution >= 4 is 5.69 Å². The zero-order valence-electron chi connectivity index (χ0n) is 9.26. The molecule has 15 heavy (non-hydrogen) atoms. The minimum atomic E-state index is 0.838. The minimum absolute atomic E-state index is 0.838. The maximum Gasteiger partial charge on any atom is 0.0408 e. The van der Waals surface area contributed by atoms with Crippen LogP contribution < -0.4 is 5.32 Å². The highest BCUT2D eigenvalue weighted by molar-refractivity contribution is 5.60. The SMILES string of the molecule is c1cc2c(c(C3CCCC3)c1)NCCC2. The summed E-state index contributed by atoms with van der Waals surface area (Å²) in [6, 6.07) is 6.88. The van der Waals surface area contributed by atoms with Crippen molar-refractivity contribution < 1.29 is 0 Å². The van der Waals surface area contributed by atoms with Gasteiger partial charge in [0.25, 0.3) is 0 Å². The molecule has 0 saturated heterocycles. The molecule has 3 rings (SSSR count). The van der Waals surface area contributed by atoms with Gasteiger partial charge in [0.2, 0.25) is 0 Å². The lowest BCUT2D eigenvalue weighted by Crippen LogP contribution is -2.14. The molecule has 1 saturated carbocycles. The first-order chi connectivity index (χ1) is 7.45. The van der Waals surface area contributed by atoms with Crippen molar-refractivity contribution in [1.29, 1.82) is 0 Å². The molecule has 0 unspecified atom stereocenters. The van der Waals surface area contributed by atoms with E-state index in [9.17, 15) is 0 Å². The Morgan fingerprint density at radius 2 is 1.93 bits per heavy atom. The van der Waals surface area contributed by atoms with Gasteiger partial charge in [-0.2, -0.15) is 0 Å². The molecule has 1 aliphatic carbocycles. The van der Waals surface area contributed by atoms with Crippen LogP contribution in [0.4, 0.5) is 5.69 Å². The molecular weight excluding hydrogens is 182 g/mol. The zero-order chi connectivity index (χ0) is 10.1. The predicted molar refractivity (Wildman–Crippen MR) is 64.5 cm³/mol.